The molecule has 0 saturated carbocycles. The molecule has 6 heteroatoms. The Hall–Kier alpha value is -1.30. The van der Waals surface area contributed by atoms with E-state index in [1.807, 2.05) is 4.90 Å². The normalized spacial score (nSPS) is 18.0. The molecule has 0 aromatic carbocycles. The highest BCUT2D eigenvalue weighted by atomic mass is 16.5. The van der Waals surface area contributed by atoms with Gasteiger partial charge in [0.2, 0.25) is 5.91 Å². The largest absolute Gasteiger partial charge is 0.379 e. The standard InChI is InChI=1S/C19H38N4O2/c1-6-20-18(22-15-16(25-5)19(2,3)4)21-12-10-14-23-13-9-7-8-11-17(23)24/h16H,6-15H2,1-5H3,(H2,20,21,22). The zero-order chi connectivity index (χ0) is 18.7. The van der Waals surface area contributed by atoms with Crippen LogP contribution in [0.15, 0.2) is 4.99 Å². The molecular formula is C19H38N4O2. The molecule has 2 N–H and O–H groups in total. The number of hydrogen-bond acceptors (Lipinski definition) is 3. The first-order valence-electron chi connectivity index (χ1n) is 9.71. The van der Waals surface area contributed by atoms with Crippen LogP contribution in [0.4, 0.5) is 0 Å². The fourth-order valence-electron chi connectivity index (χ4n) is 2.97. The van der Waals surface area contributed by atoms with Crippen molar-refractivity contribution in [3.05, 3.63) is 0 Å². The molecule has 1 aliphatic heterocycles. The number of amides is 1. The second-order valence-corrected chi connectivity index (χ2v) is 7.78. The number of carbonyl (C=O) groups is 1. The highest BCUT2D eigenvalue weighted by Gasteiger charge is 2.24. The number of methoxy groups -OCH3 is 1. The van der Waals surface area contributed by atoms with E-state index in [0.717, 1.165) is 51.4 Å². The van der Waals surface area contributed by atoms with Gasteiger partial charge in [0, 0.05) is 39.7 Å². The second kappa shape index (κ2) is 11.3. The maximum atomic E-state index is 12.0. The van der Waals surface area contributed by atoms with Crippen LogP contribution in [-0.2, 0) is 9.53 Å². The lowest BCUT2D eigenvalue weighted by molar-refractivity contribution is -0.130. The number of hydrogen-bond donors (Lipinski definition) is 2. The van der Waals surface area contributed by atoms with Crippen LogP contribution in [0.5, 0.6) is 0 Å². The smallest absolute Gasteiger partial charge is 0.222 e. The summed E-state index contributed by atoms with van der Waals surface area (Å²) in [5.41, 5.74) is 0.0582. The van der Waals surface area contributed by atoms with Crippen LogP contribution >= 0.6 is 0 Å². The van der Waals surface area contributed by atoms with Crippen molar-refractivity contribution in [2.75, 3.05) is 39.8 Å². The Kier molecular flexibility index (Phi) is 9.86. The highest BCUT2D eigenvalue weighted by Crippen LogP contribution is 2.21. The molecule has 0 aromatic heterocycles. The van der Waals surface area contributed by atoms with E-state index in [9.17, 15) is 4.79 Å². The van der Waals surface area contributed by atoms with Crippen LogP contribution in [0.1, 0.15) is 59.8 Å². The Bertz CT molecular complexity index is 418. The van der Waals surface area contributed by atoms with Gasteiger partial charge in [-0.3, -0.25) is 9.79 Å². The van der Waals surface area contributed by atoms with Crippen molar-refractivity contribution in [2.24, 2.45) is 10.4 Å². The van der Waals surface area contributed by atoms with Crippen LogP contribution in [0.2, 0.25) is 0 Å². The number of carbonyl (C=O) groups excluding carboxylic acids is 1. The van der Waals surface area contributed by atoms with Crippen LogP contribution < -0.4 is 10.6 Å². The van der Waals surface area contributed by atoms with Gasteiger partial charge in [0.1, 0.15) is 0 Å². The Morgan fingerprint density at radius 3 is 2.68 bits per heavy atom. The maximum absolute atomic E-state index is 12.0. The van der Waals surface area contributed by atoms with Crippen molar-refractivity contribution < 1.29 is 9.53 Å². The lowest BCUT2D eigenvalue weighted by Crippen LogP contribution is -2.41. The van der Waals surface area contributed by atoms with Gasteiger partial charge < -0.3 is 20.3 Å². The van der Waals surface area contributed by atoms with Gasteiger partial charge in [-0.05, 0) is 31.6 Å². The van der Waals surface area contributed by atoms with E-state index >= 15 is 0 Å². The molecule has 146 valence electrons. The monoisotopic (exact) mass is 354 g/mol. The molecule has 1 amide bonds. The summed E-state index contributed by atoms with van der Waals surface area (Å²) in [6.07, 6.45) is 5.07. The number of guanidine groups is 1. The SMILES string of the molecule is CCNC(=NCC(OC)C(C)(C)C)NCCCN1CCCCCC1=O. The van der Waals surface area contributed by atoms with Crippen molar-refractivity contribution in [3.63, 3.8) is 0 Å². The van der Waals surface area contributed by atoms with E-state index < -0.39 is 0 Å². The molecular weight excluding hydrogens is 316 g/mol. The van der Waals surface area contributed by atoms with Crippen molar-refractivity contribution in [3.8, 4) is 0 Å². The van der Waals surface area contributed by atoms with E-state index in [4.69, 9.17) is 4.74 Å². The zero-order valence-corrected chi connectivity index (χ0v) is 16.9. The van der Waals surface area contributed by atoms with Gasteiger partial charge >= 0.3 is 0 Å². The molecule has 0 bridgehead atoms. The number of aliphatic imine (C=N–C) groups is 1. The molecule has 1 unspecified atom stereocenters. The van der Waals surface area contributed by atoms with Crippen LogP contribution in [0, 0.1) is 5.41 Å². The summed E-state index contributed by atoms with van der Waals surface area (Å²) in [4.78, 5) is 18.7. The minimum Gasteiger partial charge on any atom is -0.379 e. The molecule has 1 fully saturated rings. The third kappa shape index (κ3) is 8.56. The molecule has 0 aromatic rings. The van der Waals surface area contributed by atoms with Gasteiger partial charge in [-0.2, -0.15) is 0 Å². The van der Waals surface area contributed by atoms with Crippen molar-refractivity contribution >= 4 is 11.9 Å². The fourth-order valence-corrected chi connectivity index (χ4v) is 2.97. The Balaban J connectivity index is 2.41. The van der Waals surface area contributed by atoms with E-state index in [1.54, 1.807) is 7.11 Å². The topological polar surface area (TPSA) is 66.0 Å². The quantitative estimate of drug-likeness (QED) is 0.399. The van der Waals surface area contributed by atoms with Gasteiger partial charge in [-0.1, -0.05) is 27.2 Å². The van der Waals surface area contributed by atoms with Crippen molar-refractivity contribution in [2.45, 2.75) is 65.9 Å². The summed E-state index contributed by atoms with van der Waals surface area (Å²) in [5.74, 6) is 1.13. The van der Waals surface area contributed by atoms with Crippen molar-refractivity contribution in [1.29, 1.82) is 0 Å². The van der Waals surface area contributed by atoms with Crippen LogP contribution in [0.25, 0.3) is 0 Å². The number of likely N-dealkylation sites (tertiary alicyclic amines) is 1. The van der Waals surface area contributed by atoms with Crippen LogP contribution in [-0.4, -0.2) is 62.7 Å². The van der Waals surface area contributed by atoms with E-state index in [0.29, 0.717) is 18.9 Å². The average Bonchev–Trinajstić information content (AvgIpc) is 2.75. The fraction of sp³-hybridized carbons (Fsp3) is 0.895. The van der Waals surface area contributed by atoms with Gasteiger partial charge in [0.05, 0.1) is 12.6 Å². The molecule has 1 atom stereocenters. The summed E-state index contributed by atoms with van der Waals surface area (Å²) >= 11 is 0. The Labute approximate surface area is 153 Å². The molecule has 1 rings (SSSR count). The van der Waals surface area contributed by atoms with Gasteiger partial charge in [-0.15, -0.1) is 0 Å². The number of nitrogens with one attached hydrogen (secondary N) is 2. The number of nitrogens with zero attached hydrogens (tertiary/aromatic N) is 2. The first-order valence-corrected chi connectivity index (χ1v) is 9.71. The lowest BCUT2D eigenvalue weighted by Gasteiger charge is -2.28. The molecule has 1 heterocycles. The van der Waals surface area contributed by atoms with Crippen molar-refractivity contribution in [1.82, 2.24) is 15.5 Å². The van der Waals surface area contributed by atoms with Gasteiger partial charge in [-0.25, -0.2) is 0 Å². The summed E-state index contributed by atoms with van der Waals surface area (Å²) in [6, 6.07) is 0. The Morgan fingerprint density at radius 1 is 1.28 bits per heavy atom. The summed E-state index contributed by atoms with van der Waals surface area (Å²) in [6.45, 7) is 12.5. The van der Waals surface area contributed by atoms with E-state index in [-0.39, 0.29) is 11.5 Å². The molecule has 0 spiro atoms. The summed E-state index contributed by atoms with van der Waals surface area (Å²) < 4.78 is 5.57. The predicted molar refractivity (Wildman–Crippen MR) is 104 cm³/mol. The zero-order valence-electron chi connectivity index (χ0n) is 16.9. The molecule has 6 nitrogen and oxygen atoms in total. The number of ether oxygens (including phenoxy) is 1. The Morgan fingerprint density at radius 2 is 2.04 bits per heavy atom. The second-order valence-electron chi connectivity index (χ2n) is 7.78. The maximum Gasteiger partial charge on any atom is 0.222 e. The predicted octanol–water partition coefficient (Wildman–Crippen LogP) is 2.40. The van der Waals surface area contributed by atoms with Gasteiger partial charge in [0.25, 0.3) is 0 Å². The first-order chi connectivity index (χ1) is 11.9. The minimum absolute atomic E-state index is 0.0582. The third-order valence-electron chi connectivity index (χ3n) is 4.58. The van der Waals surface area contributed by atoms with Crippen LogP contribution in [0.3, 0.4) is 0 Å². The minimum atomic E-state index is 0.0582. The molecule has 25 heavy (non-hydrogen) atoms. The molecule has 1 aliphatic rings. The highest BCUT2D eigenvalue weighted by molar-refractivity contribution is 5.79. The molecule has 0 aliphatic carbocycles. The summed E-state index contributed by atoms with van der Waals surface area (Å²) in [7, 11) is 1.74. The molecule has 1 saturated heterocycles. The average molecular weight is 355 g/mol. The lowest BCUT2D eigenvalue weighted by atomic mass is 9.89. The molecule has 0 radical (unpaired) electrons. The number of rotatable bonds is 8. The van der Waals surface area contributed by atoms with E-state index in [2.05, 4.69) is 43.3 Å². The third-order valence-corrected chi connectivity index (χ3v) is 4.58. The summed E-state index contributed by atoms with van der Waals surface area (Å²) in [5, 5.41) is 6.64. The van der Waals surface area contributed by atoms with Gasteiger partial charge in [0.15, 0.2) is 5.96 Å². The van der Waals surface area contributed by atoms with E-state index in [1.165, 1.54) is 6.42 Å². The first kappa shape index (κ1) is 21.7.